The van der Waals surface area contributed by atoms with Gasteiger partial charge in [0.05, 0.1) is 0 Å². The molecule has 1 fully saturated rings. The Labute approximate surface area is 113 Å². The molecular weight excluding hydrogens is 243 g/mol. The van der Waals surface area contributed by atoms with Gasteiger partial charge in [-0.1, -0.05) is 12.1 Å². The molecule has 1 heterocycles. The first-order valence-corrected chi connectivity index (χ1v) is 6.93. The normalized spacial score (nSPS) is 17.4. The molecule has 1 aromatic carbocycles. The number of carbonyl (C=O) groups is 1. The minimum Gasteiger partial charge on any atom is -0.356 e. The van der Waals surface area contributed by atoms with Crippen molar-refractivity contribution in [3.8, 4) is 0 Å². The highest BCUT2D eigenvalue weighted by atomic mass is 19.1. The van der Waals surface area contributed by atoms with Crippen LogP contribution in [-0.2, 0) is 11.3 Å². The third-order valence-corrected chi connectivity index (χ3v) is 3.63. The first-order valence-electron chi connectivity index (χ1n) is 6.93. The molecule has 0 radical (unpaired) electrons. The van der Waals surface area contributed by atoms with E-state index in [0.717, 1.165) is 38.0 Å². The molecule has 1 aromatic rings. The van der Waals surface area contributed by atoms with E-state index in [2.05, 4.69) is 10.2 Å². The van der Waals surface area contributed by atoms with E-state index >= 15 is 0 Å². The summed E-state index contributed by atoms with van der Waals surface area (Å²) < 4.78 is 12.8. The Hall–Kier alpha value is -1.42. The number of hydrogen-bond acceptors (Lipinski definition) is 2. The number of likely N-dealkylation sites (tertiary alicyclic amines) is 1. The lowest BCUT2D eigenvalue weighted by atomic mass is 9.95. The third kappa shape index (κ3) is 4.03. The molecule has 1 saturated heterocycles. The summed E-state index contributed by atoms with van der Waals surface area (Å²) in [5.74, 6) is 0.145. The predicted octanol–water partition coefficient (Wildman–Crippen LogP) is 2.17. The van der Waals surface area contributed by atoms with Crippen molar-refractivity contribution in [1.82, 2.24) is 10.2 Å². The number of benzene rings is 1. The summed E-state index contributed by atoms with van der Waals surface area (Å²) >= 11 is 0. The average molecular weight is 264 g/mol. The van der Waals surface area contributed by atoms with Gasteiger partial charge in [-0.25, -0.2) is 4.39 Å². The van der Waals surface area contributed by atoms with Crippen LogP contribution >= 0.6 is 0 Å². The lowest BCUT2D eigenvalue weighted by Crippen LogP contribution is -2.40. The Morgan fingerprint density at radius 2 is 1.95 bits per heavy atom. The molecule has 104 valence electrons. The van der Waals surface area contributed by atoms with Crippen LogP contribution in [0.4, 0.5) is 4.39 Å². The van der Waals surface area contributed by atoms with Crippen molar-refractivity contribution < 1.29 is 9.18 Å². The molecule has 2 rings (SSSR count). The number of nitrogens with one attached hydrogen (secondary N) is 1. The van der Waals surface area contributed by atoms with E-state index in [4.69, 9.17) is 0 Å². The van der Waals surface area contributed by atoms with Crippen molar-refractivity contribution in [2.45, 2.75) is 26.3 Å². The second-order valence-corrected chi connectivity index (χ2v) is 5.07. The van der Waals surface area contributed by atoms with Crippen molar-refractivity contribution in [3.63, 3.8) is 0 Å². The quantitative estimate of drug-likeness (QED) is 0.904. The standard InChI is InChI=1S/C15H21FN2O/c1-2-17-15(19)13-7-9-18(10-8-13)11-12-3-5-14(16)6-4-12/h3-6,13H,2,7-11H2,1H3,(H,17,19). The molecule has 1 N–H and O–H groups in total. The van der Waals surface area contributed by atoms with Gasteiger partial charge in [0.25, 0.3) is 0 Å². The minimum absolute atomic E-state index is 0.157. The number of halogens is 1. The summed E-state index contributed by atoms with van der Waals surface area (Å²) in [5, 5.41) is 2.89. The van der Waals surface area contributed by atoms with Gasteiger partial charge in [-0.15, -0.1) is 0 Å². The Kier molecular flexibility index (Phi) is 4.91. The van der Waals surface area contributed by atoms with Crippen molar-refractivity contribution in [2.24, 2.45) is 5.92 Å². The molecule has 1 aliphatic heterocycles. The van der Waals surface area contributed by atoms with Gasteiger partial charge in [0.1, 0.15) is 5.82 Å². The Morgan fingerprint density at radius 3 is 2.53 bits per heavy atom. The zero-order chi connectivity index (χ0) is 13.7. The number of nitrogens with zero attached hydrogens (tertiary/aromatic N) is 1. The maximum absolute atomic E-state index is 12.8. The Bertz CT molecular complexity index is 411. The van der Waals surface area contributed by atoms with Crippen LogP contribution in [0.5, 0.6) is 0 Å². The SMILES string of the molecule is CCNC(=O)C1CCN(Cc2ccc(F)cc2)CC1. The van der Waals surface area contributed by atoms with Gasteiger partial charge in [0.2, 0.25) is 5.91 Å². The molecule has 4 heteroatoms. The van der Waals surface area contributed by atoms with Crippen molar-refractivity contribution in [3.05, 3.63) is 35.6 Å². The van der Waals surface area contributed by atoms with Gasteiger partial charge in [-0.2, -0.15) is 0 Å². The zero-order valence-electron chi connectivity index (χ0n) is 11.4. The van der Waals surface area contributed by atoms with Gasteiger partial charge >= 0.3 is 0 Å². The van der Waals surface area contributed by atoms with E-state index in [-0.39, 0.29) is 17.6 Å². The second-order valence-electron chi connectivity index (χ2n) is 5.07. The molecule has 1 aliphatic rings. The van der Waals surface area contributed by atoms with E-state index in [0.29, 0.717) is 6.54 Å². The minimum atomic E-state index is -0.196. The first-order chi connectivity index (χ1) is 9.19. The van der Waals surface area contributed by atoms with Crippen LogP contribution < -0.4 is 5.32 Å². The van der Waals surface area contributed by atoms with Crippen LogP contribution in [0.1, 0.15) is 25.3 Å². The maximum atomic E-state index is 12.8. The van der Waals surface area contributed by atoms with E-state index in [1.807, 2.05) is 19.1 Å². The molecule has 0 bridgehead atoms. The van der Waals surface area contributed by atoms with Crippen LogP contribution in [-0.4, -0.2) is 30.4 Å². The van der Waals surface area contributed by atoms with Crippen LogP contribution in [0.15, 0.2) is 24.3 Å². The first kappa shape index (κ1) is 14.0. The number of piperidine rings is 1. The molecule has 0 spiro atoms. The summed E-state index contributed by atoms with van der Waals surface area (Å²) in [6, 6.07) is 6.64. The monoisotopic (exact) mass is 264 g/mol. The molecule has 1 amide bonds. The summed E-state index contributed by atoms with van der Waals surface area (Å²) in [5.41, 5.74) is 1.12. The summed E-state index contributed by atoms with van der Waals surface area (Å²) in [4.78, 5) is 14.1. The topological polar surface area (TPSA) is 32.3 Å². The number of carbonyl (C=O) groups excluding carboxylic acids is 1. The molecule has 0 atom stereocenters. The zero-order valence-corrected chi connectivity index (χ0v) is 11.4. The maximum Gasteiger partial charge on any atom is 0.223 e. The van der Waals surface area contributed by atoms with E-state index in [1.165, 1.54) is 12.1 Å². The molecule has 0 aliphatic carbocycles. The van der Waals surface area contributed by atoms with Gasteiger partial charge in [-0.3, -0.25) is 9.69 Å². The fourth-order valence-electron chi connectivity index (χ4n) is 2.52. The van der Waals surface area contributed by atoms with Gasteiger partial charge in [0.15, 0.2) is 0 Å². The van der Waals surface area contributed by atoms with Crippen molar-refractivity contribution >= 4 is 5.91 Å². The molecule has 0 unspecified atom stereocenters. The number of amides is 1. The molecule has 3 nitrogen and oxygen atoms in total. The second kappa shape index (κ2) is 6.66. The fourth-order valence-corrected chi connectivity index (χ4v) is 2.52. The van der Waals surface area contributed by atoms with E-state index < -0.39 is 0 Å². The van der Waals surface area contributed by atoms with Crippen LogP contribution in [0.3, 0.4) is 0 Å². The molecule has 19 heavy (non-hydrogen) atoms. The van der Waals surface area contributed by atoms with Crippen LogP contribution in [0.2, 0.25) is 0 Å². The fraction of sp³-hybridized carbons (Fsp3) is 0.533. The smallest absolute Gasteiger partial charge is 0.223 e. The van der Waals surface area contributed by atoms with Gasteiger partial charge in [0, 0.05) is 19.0 Å². The van der Waals surface area contributed by atoms with Gasteiger partial charge in [-0.05, 0) is 50.6 Å². The lowest BCUT2D eigenvalue weighted by molar-refractivity contribution is -0.126. The lowest BCUT2D eigenvalue weighted by Gasteiger charge is -2.31. The Morgan fingerprint density at radius 1 is 1.32 bits per heavy atom. The Balaban J connectivity index is 1.80. The highest BCUT2D eigenvalue weighted by molar-refractivity contribution is 5.78. The summed E-state index contributed by atoms with van der Waals surface area (Å²) in [6.45, 7) is 5.34. The van der Waals surface area contributed by atoms with E-state index in [9.17, 15) is 9.18 Å². The number of hydrogen-bond donors (Lipinski definition) is 1. The predicted molar refractivity (Wildman–Crippen MR) is 73.1 cm³/mol. The molecule has 0 aromatic heterocycles. The van der Waals surface area contributed by atoms with E-state index in [1.54, 1.807) is 0 Å². The average Bonchev–Trinajstić information content (AvgIpc) is 2.42. The summed E-state index contributed by atoms with van der Waals surface area (Å²) in [6.07, 6.45) is 1.82. The van der Waals surface area contributed by atoms with Crippen LogP contribution in [0.25, 0.3) is 0 Å². The molecule has 0 saturated carbocycles. The van der Waals surface area contributed by atoms with Gasteiger partial charge < -0.3 is 5.32 Å². The van der Waals surface area contributed by atoms with Crippen molar-refractivity contribution in [2.75, 3.05) is 19.6 Å². The largest absolute Gasteiger partial charge is 0.356 e. The highest BCUT2D eigenvalue weighted by Gasteiger charge is 2.24. The van der Waals surface area contributed by atoms with Crippen LogP contribution in [0, 0.1) is 11.7 Å². The summed E-state index contributed by atoms with van der Waals surface area (Å²) in [7, 11) is 0. The van der Waals surface area contributed by atoms with Crippen molar-refractivity contribution in [1.29, 1.82) is 0 Å². The third-order valence-electron chi connectivity index (χ3n) is 3.63. The number of rotatable bonds is 4. The highest BCUT2D eigenvalue weighted by Crippen LogP contribution is 2.19. The molecular formula is C15H21FN2O.